The fourth-order valence-electron chi connectivity index (χ4n) is 13.3. The highest BCUT2D eigenvalue weighted by atomic mass is 16.6. The summed E-state index contributed by atoms with van der Waals surface area (Å²) >= 11 is 0. The van der Waals surface area contributed by atoms with Crippen molar-refractivity contribution in [2.45, 2.75) is 293 Å². The van der Waals surface area contributed by atoms with Crippen LogP contribution in [0.3, 0.4) is 0 Å². The first-order chi connectivity index (χ1) is 57.8. The standard InChI is InChI=1S/3C25H41N4O3.C15H18N6/c3*1-4-7-10-13-16-30-22-19-21(25-26-28-29-27-25)20-23(31-17-14-11-8-5-2)24(22)32-18-15-12-9-6-3;1-2-17-13(16-1)10-7-11(14-18-3-4-19-14)9-12(8-10)15-20-5-6-21-15/h3*19-20H,4-18H2,1-3H3;7-9H,1-6H2,(H,16,17)(H,18,19)(H,20,21)/q3*-1;/p+3. The lowest BCUT2D eigenvalue weighted by Crippen LogP contribution is -2.71. The summed E-state index contributed by atoms with van der Waals surface area (Å²) in [6.07, 6.45) is 41.3. The van der Waals surface area contributed by atoms with Gasteiger partial charge in [-0.15, -0.1) is 0 Å². The molecule has 648 valence electrons. The normalized spacial score (nSPS) is 12.6. The molecule has 6 heterocycles. The van der Waals surface area contributed by atoms with E-state index in [0.717, 1.165) is 189 Å². The lowest BCUT2D eigenvalue weighted by molar-refractivity contribution is -0.444. The molecule has 0 radical (unpaired) electrons. The van der Waals surface area contributed by atoms with E-state index in [1.165, 1.54) is 132 Å². The number of rotatable bonds is 60. The van der Waals surface area contributed by atoms with E-state index in [1.807, 2.05) is 36.4 Å². The fraction of sp³-hybridized carbons (Fsp3) is 0.667. The van der Waals surface area contributed by atoms with E-state index in [-0.39, 0.29) is 0 Å². The second kappa shape index (κ2) is 60.2. The van der Waals surface area contributed by atoms with Gasteiger partial charge in [-0.1, -0.05) is 236 Å². The number of ether oxygens (including phenoxy) is 9. The van der Waals surface area contributed by atoms with Crippen LogP contribution in [0.5, 0.6) is 51.7 Å². The molecule has 3 aliphatic heterocycles. The Labute approximate surface area is 698 Å². The number of hydrogen-bond acceptors (Lipinski definition) is 21. The minimum Gasteiger partial charge on any atom is -0.490 e. The van der Waals surface area contributed by atoms with Gasteiger partial charge in [-0.3, -0.25) is 61.9 Å². The number of nitrogens with zero attached hydrogens (tertiary/aromatic N) is 12. The Hall–Kier alpha value is -9.30. The summed E-state index contributed by atoms with van der Waals surface area (Å²) in [5, 5.41) is 56.1. The van der Waals surface area contributed by atoms with Crippen LogP contribution in [-0.2, 0) is 0 Å². The topological polar surface area (TPSA) is 319 Å². The molecule has 6 N–H and O–H groups in total. The predicted octanol–water partition coefficient (Wildman–Crippen LogP) is 13.1. The molecule has 10 rings (SSSR count). The average Bonchev–Trinajstić information content (AvgIpc) is 1.81. The van der Waals surface area contributed by atoms with Crippen molar-refractivity contribution in [2.75, 3.05) is 98.7 Å². The number of unbranched alkanes of at least 4 members (excludes halogenated alkanes) is 27. The van der Waals surface area contributed by atoms with Crippen molar-refractivity contribution in [1.29, 1.82) is 0 Å². The summed E-state index contributed by atoms with van der Waals surface area (Å²) in [4.78, 5) is 10.2. The van der Waals surface area contributed by atoms with Crippen molar-refractivity contribution < 1.29 is 57.6 Å². The third-order valence-electron chi connectivity index (χ3n) is 20.0. The molecule has 0 saturated carbocycles. The summed E-state index contributed by atoms with van der Waals surface area (Å²) in [5.74, 6) is 10.9. The Balaban J connectivity index is 0.000000218. The molecular weight excluding hydrogens is 1480 g/mol. The molecule has 4 aromatic carbocycles. The second-order valence-corrected chi connectivity index (χ2v) is 30.2. The smallest absolute Gasteiger partial charge is 0.275 e. The summed E-state index contributed by atoms with van der Waals surface area (Å²) in [5.41, 5.74) is 5.93. The minimum atomic E-state index is 0.464. The molecule has 27 nitrogen and oxygen atoms in total. The molecule has 117 heavy (non-hydrogen) atoms. The van der Waals surface area contributed by atoms with E-state index in [0.29, 0.717) is 129 Å². The largest absolute Gasteiger partial charge is 0.490 e. The van der Waals surface area contributed by atoms with Gasteiger partial charge in [0.15, 0.2) is 34.5 Å². The minimum absolute atomic E-state index is 0.464. The summed E-state index contributed by atoms with van der Waals surface area (Å²) in [6, 6.07) is 18.2. The Bertz CT molecular complexity index is 3300. The van der Waals surface area contributed by atoms with Crippen molar-refractivity contribution in [3.05, 3.63) is 71.3 Å². The fourth-order valence-corrected chi connectivity index (χ4v) is 13.3. The van der Waals surface area contributed by atoms with Crippen LogP contribution in [0.1, 0.15) is 310 Å². The van der Waals surface area contributed by atoms with Crippen LogP contribution in [0, 0.1) is 0 Å². The number of hydrogen-bond donors (Lipinski definition) is 6. The van der Waals surface area contributed by atoms with Gasteiger partial charge >= 0.3 is 0 Å². The van der Waals surface area contributed by atoms with Gasteiger partial charge in [-0.05, 0) is 129 Å². The van der Waals surface area contributed by atoms with Crippen LogP contribution in [0.15, 0.2) is 54.6 Å². The van der Waals surface area contributed by atoms with Gasteiger partial charge in [0, 0.05) is 17.5 Å². The van der Waals surface area contributed by atoms with E-state index in [4.69, 9.17) is 42.6 Å². The predicted molar refractivity (Wildman–Crippen MR) is 463 cm³/mol. The molecule has 3 aromatic heterocycles. The van der Waals surface area contributed by atoms with Crippen molar-refractivity contribution >= 4 is 17.5 Å². The molecule has 27 heteroatoms. The van der Waals surface area contributed by atoms with Crippen LogP contribution in [-0.4, -0.2) is 163 Å². The summed E-state index contributed by atoms with van der Waals surface area (Å²) in [6.45, 7) is 31.6. The van der Waals surface area contributed by atoms with Gasteiger partial charge in [0.05, 0.1) is 76.2 Å². The number of nitrogens with one attached hydrogen (secondary N) is 6. The van der Waals surface area contributed by atoms with Gasteiger partial charge in [0.25, 0.3) is 17.5 Å². The van der Waals surface area contributed by atoms with E-state index in [1.54, 1.807) is 0 Å². The third-order valence-corrected chi connectivity index (χ3v) is 20.0. The van der Waals surface area contributed by atoms with Gasteiger partial charge in [0.1, 0.15) is 39.3 Å². The Morgan fingerprint density at radius 3 is 0.607 bits per heavy atom. The summed E-state index contributed by atoms with van der Waals surface area (Å²) in [7, 11) is 0. The van der Waals surface area contributed by atoms with E-state index < -0.39 is 0 Å². The van der Waals surface area contributed by atoms with Crippen LogP contribution < -0.4 is 88.9 Å². The van der Waals surface area contributed by atoms with Gasteiger partial charge < -0.3 is 57.9 Å². The maximum Gasteiger partial charge on any atom is 0.275 e. The number of aromatic nitrogens is 12. The molecule has 0 unspecified atom stereocenters. The maximum absolute atomic E-state index is 6.22. The van der Waals surface area contributed by atoms with Crippen molar-refractivity contribution in [3.63, 3.8) is 0 Å². The highest BCUT2D eigenvalue weighted by Gasteiger charge is 2.26. The maximum atomic E-state index is 6.22. The molecule has 0 amide bonds. The molecule has 0 fully saturated rings. The van der Waals surface area contributed by atoms with Gasteiger partial charge in [-0.25, -0.2) is 0 Å². The van der Waals surface area contributed by atoms with E-state index in [9.17, 15) is 0 Å². The number of benzene rings is 4. The highest BCUT2D eigenvalue weighted by molar-refractivity contribution is 6.05. The Morgan fingerprint density at radius 2 is 0.444 bits per heavy atom. The SMILES string of the molecule is CCCCCCOc1cc(-c2nnn[n-]2)cc(OCCCCCC)c1OCCCCCC.CCCCCCOc1cc(-c2nnn[n-]2)cc(OCCCCCC)c1OCCCCCC.CCCCCCOc1cc(-c2nnn[n-]2)cc(OCCCCCC)c1OCCCCCC.c1c(C2=[NH+]CCN2)cc(C2=[NH+]CCN2)cc1C1=[NH+]CCN1. The lowest BCUT2D eigenvalue weighted by Gasteiger charge is -2.19. The molecule has 7 aromatic rings. The Morgan fingerprint density at radius 1 is 0.248 bits per heavy atom. The van der Waals surface area contributed by atoms with Crippen LogP contribution in [0.25, 0.3) is 34.2 Å². The highest BCUT2D eigenvalue weighted by Crippen LogP contribution is 2.45. The lowest BCUT2D eigenvalue weighted by atomic mass is 10.0. The molecule has 3 aliphatic rings. The van der Waals surface area contributed by atoms with Gasteiger partial charge in [0.2, 0.25) is 17.2 Å². The van der Waals surface area contributed by atoms with Crippen molar-refractivity contribution in [1.82, 2.24) is 77.8 Å². The molecule has 0 bridgehead atoms. The van der Waals surface area contributed by atoms with Gasteiger partial charge in [-0.2, -0.15) is 15.6 Å². The zero-order valence-corrected chi connectivity index (χ0v) is 72.8. The zero-order chi connectivity index (χ0) is 82.6. The number of tetrazole rings is 3. The third kappa shape index (κ3) is 36.2. The number of amidine groups is 3. The monoisotopic (exact) mass is 1620 g/mol. The van der Waals surface area contributed by atoms with E-state index >= 15 is 0 Å². The first kappa shape index (κ1) is 94.8. The average molecular weight is 1620 g/mol. The molecule has 0 aliphatic carbocycles. The summed E-state index contributed by atoms with van der Waals surface area (Å²) < 4.78 is 55.8. The van der Waals surface area contributed by atoms with E-state index in [2.05, 4.69) is 173 Å². The first-order valence-electron chi connectivity index (χ1n) is 45.3. The first-order valence-corrected chi connectivity index (χ1v) is 45.3. The quantitative estimate of drug-likeness (QED) is 0.0193. The van der Waals surface area contributed by atoms with Crippen molar-refractivity contribution in [3.8, 4) is 85.9 Å². The second-order valence-electron chi connectivity index (χ2n) is 30.2. The van der Waals surface area contributed by atoms with Crippen LogP contribution in [0.4, 0.5) is 0 Å². The molecule has 0 saturated heterocycles. The molecule has 0 atom stereocenters. The zero-order valence-electron chi connectivity index (χ0n) is 72.8. The molecular formula is C90H144N18O9. The van der Waals surface area contributed by atoms with Crippen LogP contribution in [0.2, 0.25) is 0 Å². The molecule has 0 spiro atoms. The van der Waals surface area contributed by atoms with Crippen molar-refractivity contribution in [2.24, 2.45) is 0 Å². The van der Waals surface area contributed by atoms with Crippen LogP contribution >= 0.6 is 0 Å². The Kier molecular flexibility index (Phi) is 48.8.